The maximum absolute atomic E-state index is 5.48. The van der Waals surface area contributed by atoms with Crippen LogP contribution in [0.3, 0.4) is 0 Å². The molecule has 0 saturated heterocycles. The van der Waals surface area contributed by atoms with E-state index in [1.165, 1.54) is 4.90 Å². The maximum atomic E-state index is 5.48. The molecule has 0 radical (unpaired) electrons. The van der Waals surface area contributed by atoms with Crippen LogP contribution >= 0.6 is 23.1 Å². The Morgan fingerprint density at radius 3 is 2.04 bits per heavy atom. The van der Waals surface area contributed by atoms with E-state index in [9.17, 15) is 0 Å². The van der Waals surface area contributed by atoms with Crippen LogP contribution in [0.25, 0.3) is 15.5 Å². The van der Waals surface area contributed by atoms with E-state index < -0.39 is 0 Å². The molecule has 0 aliphatic carbocycles. The molecule has 1 atom stereocenters. The molecule has 0 spiro atoms. The Balaban J connectivity index is 0.00000131. The molecule has 1 aliphatic rings. The van der Waals surface area contributed by atoms with Crippen molar-refractivity contribution in [2.24, 2.45) is 4.99 Å². The van der Waals surface area contributed by atoms with Crippen molar-refractivity contribution in [1.29, 1.82) is 0 Å². The number of thiazole rings is 1. The third-order valence-electron chi connectivity index (χ3n) is 7.17. The van der Waals surface area contributed by atoms with Crippen molar-refractivity contribution in [2.75, 3.05) is 12.0 Å². The summed E-state index contributed by atoms with van der Waals surface area (Å²) >= 11 is 3.38. The second kappa shape index (κ2) is 15.4. The fourth-order valence-corrected chi connectivity index (χ4v) is 7.24. The number of thioether (sulfide) groups is 1. The summed E-state index contributed by atoms with van der Waals surface area (Å²) < 4.78 is 6.56. The van der Waals surface area contributed by atoms with E-state index in [-0.39, 0.29) is 30.9 Å². The monoisotopic (exact) mass is 676 g/mol. The third kappa shape index (κ3) is 7.14. The predicted molar refractivity (Wildman–Crippen MR) is 186 cm³/mol. The van der Waals surface area contributed by atoms with E-state index >= 15 is 0 Å². The molecule has 1 aliphatic heterocycles. The Morgan fingerprint density at radius 2 is 1.40 bits per heavy atom. The zero-order valence-corrected chi connectivity index (χ0v) is 29.9. The third-order valence-corrected chi connectivity index (χ3v) is 9.40. The predicted octanol–water partition coefficient (Wildman–Crippen LogP) is 10.6. The minimum atomic E-state index is -0.255. The van der Waals surface area contributed by atoms with Crippen molar-refractivity contribution < 1.29 is 24.2 Å². The van der Waals surface area contributed by atoms with Crippen LogP contribution < -0.4 is 9.64 Å². The number of rotatable bonds is 6. The largest absolute Gasteiger partial charge is 2.00 e. The Kier molecular flexibility index (Phi) is 11.1. The molecule has 1 unspecified atom stereocenters. The summed E-state index contributed by atoms with van der Waals surface area (Å²) in [6.07, 6.45) is 0. The molecule has 8 heteroatoms. The van der Waals surface area contributed by atoms with Crippen LogP contribution in [0.15, 0.2) is 143 Å². The molecule has 6 aromatic rings. The molecule has 0 fully saturated rings. The van der Waals surface area contributed by atoms with E-state index in [4.69, 9.17) is 20.0 Å². The summed E-state index contributed by atoms with van der Waals surface area (Å²) in [6.45, 7) is 5.00. The summed E-state index contributed by atoms with van der Waals surface area (Å²) in [7, 11) is 1.69. The SMILES string of the molecule is COc1ccc(C2Sc3ccccc3N2/C(=N\c2nc3ccccc3s2)[N-]C(c2ccccc2)c2ccccc2)cc1.[CH2-]C.[Zn+2]. The number of benzene rings is 5. The fourth-order valence-electron chi connectivity index (χ4n) is 5.12. The Labute approximate surface area is 286 Å². The van der Waals surface area contributed by atoms with Crippen molar-refractivity contribution in [3.63, 3.8) is 0 Å². The van der Waals surface area contributed by atoms with Gasteiger partial charge in [0.1, 0.15) is 10.9 Å². The number of guanidine groups is 1. The van der Waals surface area contributed by atoms with E-state index in [0.717, 1.165) is 38.3 Å². The van der Waals surface area contributed by atoms with Gasteiger partial charge >= 0.3 is 19.5 Å². The van der Waals surface area contributed by atoms with Crippen LogP contribution in [-0.2, 0) is 19.5 Å². The van der Waals surface area contributed by atoms with Gasteiger partial charge in [0, 0.05) is 22.6 Å². The van der Waals surface area contributed by atoms with Crippen molar-refractivity contribution in [1.82, 2.24) is 4.98 Å². The molecule has 220 valence electrons. The number of hydrogen-bond acceptors (Lipinski definition) is 5. The standard InChI is InChI=1S/C35H27N4OS2.C2H5.Zn/c1-40-27-22-20-26(21-23-27)33-39(29-17-9-11-19-31(29)41-33)34(38-35-36-28-16-8-10-18-30(28)42-35)37-32(24-12-4-2-5-13-24)25-14-6-3-7-15-25;1-2;/h2-23,32-33H,1H3;1H2,2H3;/q2*-1;+2. The van der Waals surface area contributed by atoms with Gasteiger partial charge in [-0.15, -0.1) is 23.1 Å². The van der Waals surface area contributed by atoms with Gasteiger partial charge in [-0.3, -0.25) is 0 Å². The van der Waals surface area contributed by atoms with Crippen LogP contribution in [0.1, 0.15) is 35.0 Å². The van der Waals surface area contributed by atoms with Crippen molar-refractivity contribution >= 4 is 50.1 Å². The molecule has 0 N–H and O–H groups in total. The number of methoxy groups -OCH3 is 1. The normalized spacial score (nSPS) is 13.9. The average molecular weight is 678 g/mol. The number of para-hydroxylation sites is 2. The zero-order chi connectivity index (χ0) is 30.3. The summed E-state index contributed by atoms with van der Waals surface area (Å²) in [5.41, 5.74) is 5.35. The molecule has 0 amide bonds. The van der Waals surface area contributed by atoms with E-state index in [0.29, 0.717) is 11.1 Å². The van der Waals surface area contributed by atoms with Crippen molar-refractivity contribution in [3.05, 3.63) is 162 Å². The second-order valence-corrected chi connectivity index (χ2v) is 11.9. The van der Waals surface area contributed by atoms with Gasteiger partial charge < -0.3 is 26.9 Å². The molecular weight excluding hydrogens is 646 g/mol. The van der Waals surface area contributed by atoms with Crippen molar-refractivity contribution in [3.8, 4) is 5.75 Å². The van der Waals surface area contributed by atoms with Crippen LogP contribution in [0, 0.1) is 6.92 Å². The minimum Gasteiger partial charge on any atom is -0.497 e. The van der Waals surface area contributed by atoms with Gasteiger partial charge in [0.05, 0.1) is 22.7 Å². The van der Waals surface area contributed by atoms with Gasteiger partial charge in [-0.05, 0) is 47.0 Å². The number of aromatic nitrogens is 1. The average Bonchev–Trinajstić information content (AvgIpc) is 3.69. The van der Waals surface area contributed by atoms with Crippen LogP contribution in [0.4, 0.5) is 10.8 Å². The Morgan fingerprint density at radius 1 is 0.800 bits per heavy atom. The van der Waals surface area contributed by atoms with Gasteiger partial charge in [-0.1, -0.05) is 103 Å². The summed E-state index contributed by atoms with van der Waals surface area (Å²) in [6, 6.07) is 45.5. The molecule has 5 nitrogen and oxygen atoms in total. The topological polar surface area (TPSA) is 51.8 Å². The van der Waals surface area contributed by atoms with Crippen molar-refractivity contribution in [2.45, 2.75) is 23.2 Å². The number of aliphatic imine (C=N–C) groups is 1. The summed E-state index contributed by atoms with van der Waals surface area (Å²) in [5.74, 6) is 1.44. The van der Waals surface area contributed by atoms with Crippen LogP contribution in [0.2, 0.25) is 0 Å². The van der Waals surface area contributed by atoms with Crippen LogP contribution in [-0.4, -0.2) is 18.1 Å². The number of ether oxygens (including phenoxy) is 1. The first-order valence-electron chi connectivity index (χ1n) is 14.4. The van der Waals surface area contributed by atoms with E-state index in [1.54, 1.807) is 37.1 Å². The van der Waals surface area contributed by atoms with Gasteiger partial charge in [0.25, 0.3) is 0 Å². The molecular formula is C37H32N4OS2Zn. The number of anilines is 1. The maximum Gasteiger partial charge on any atom is 2.00 e. The molecule has 0 bridgehead atoms. The minimum absolute atomic E-state index is 0. The quantitative estimate of drug-likeness (QED) is 0.0762. The molecule has 2 heterocycles. The molecule has 0 saturated carbocycles. The smallest absolute Gasteiger partial charge is 0.497 e. The zero-order valence-electron chi connectivity index (χ0n) is 25.3. The molecule has 7 rings (SSSR count). The molecule has 45 heavy (non-hydrogen) atoms. The number of fused-ring (bicyclic) bond motifs is 2. The number of hydrogen-bond donors (Lipinski definition) is 0. The Bertz CT molecular complexity index is 1770. The Hall–Kier alpha value is -3.97. The molecule has 5 aromatic carbocycles. The van der Waals surface area contributed by atoms with E-state index in [2.05, 4.69) is 103 Å². The molecule has 1 aromatic heterocycles. The summed E-state index contributed by atoms with van der Waals surface area (Å²) in [4.78, 5) is 13.5. The first-order chi connectivity index (χ1) is 21.8. The second-order valence-electron chi connectivity index (χ2n) is 9.81. The first-order valence-corrected chi connectivity index (χ1v) is 16.1. The van der Waals surface area contributed by atoms with Gasteiger partial charge in [0.15, 0.2) is 0 Å². The van der Waals surface area contributed by atoms with Crippen LogP contribution in [0.5, 0.6) is 5.75 Å². The fraction of sp³-hybridized carbons (Fsp3) is 0.108. The number of nitrogens with zero attached hydrogens (tertiary/aromatic N) is 4. The van der Waals surface area contributed by atoms with Gasteiger partial charge in [-0.2, -0.15) is 6.92 Å². The van der Waals surface area contributed by atoms with Gasteiger partial charge in [-0.25, -0.2) is 4.98 Å². The summed E-state index contributed by atoms with van der Waals surface area (Å²) in [5, 5.41) is 6.08. The van der Waals surface area contributed by atoms with Gasteiger partial charge in [0.2, 0.25) is 0 Å². The van der Waals surface area contributed by atoms with E-state index in [1.807, 2.05) is 42.5 Å². The first kappa shape index (κ1) is 32.4.